The molecule has 0 aromatic carbocycles. The minimum atomic E-state index is 0.113. The van der Waals surface area contributed by atoms with Crippen molar-refractivity contribution in [3.63, 3.8) is 0 Å². The average molecular weight is 241 g/mol. The molecule has 1 aromatic heterocycles. The summed E-state index contributed by atoms with van der Waals surface area (Å²) in [6, 6.07) is 0.336. The zero-order chi connectivity index (χ0) is 12.1. The van der Waals surface area contributed by atoms with Gasteiger partial charge in [0, 0.05) is 18.0 Å². The van der Waals surface area contributed by atoms with Gasteiger partial charge in [-0.05, 0) is 6.92 Å². The number of thiazole rings is 1. The van der Waals surface area contributed by atoms with Gasteiger partial charge in [0.1, 0.15) is 0 Å². The number of rotatable bonds is 5. The molecule has 1 aromatic rings. The summed E-state index contributed by atoms with van der Waals surface area (Å²) in [6.45, 7) is 7.07. The largest absolute Gasteiger partial charge is 0.339 e. The Morgan fingerprint density at radius 2 is 2.31 bits per heavy atom. The minimum absolute atomic E-state index is 0.113. The minimum Gasteiger partial charge on any atom is -0.339 e. The van der Waals surface area contributed by atoms with Gasteiger partial charge in [0.15, 0.2) is 0 Å². The Balaban J connectivity index is 2.43. The van der Waals surface area contributed by atoms with Gasteiger partial charge >= 0.3 is 0 Å². The molecule has 1 heterocycles. The van der Waals surface area contributed by atoms with E-state index in [-0.39, 0.29) is 5.91 Å². The molecule has 0 spiro atoms. The van der Waals surface area contributed by atoms with Crippen molar-refractivity contribution in [3.05, 3.63) is 16.1 Å². The fraction of sp³-hybridized carbons (Fsp3) is 0.636. The van der Waals surface area contributed by atoms with E-state index < -0.39 is 0 Å². The molecule has 1 N–H and O–H groups in total. The number of hydrogen-bond acceptors (Lipinski definition) is 4. The lowest BCUT2D eigenvalue weighted by molar-refractivity contribution is -0.129. The van der Waals surface area contributed by atoms with Crippen molar-refractivity contribution in [2.24, 2.45) is 0 Å². The summed E-state index contributed by atoms with van der Waals surface area (Å²) in [7, 11) is 1.82. The van der Waals surface area contributed by atoms with Gasteiger partial charge in [-0.1, -0.05) is 13.8 Å². The van der Waals surface area contributed by atoms with Gasteiger partial charge in [-0.25, -0.2) is 4.98 Å². The molecule has 1 rings (SSSR count). The van der Waals surface area contributed by atoms with Crippen LogP contribution in [0.4, 0.5) is 0 Å². The second-order valence-corrected chi connectivity index (χ2v) is 5.09. The molecule has 0 atom stereocenters. The van der Waals surface area contributed by atoms with Gasteiger partial charge in [-0.3, -0.25) is 4.79 Å². The number of aryl methyl sites for hydroxylation is 1. The quantitative estimate of drug-likeness (QED) is 0.847. The molecular weight excluding hydrogens is 222 g/mol. The number of hydrogen-bond donors (Lipinski definition) is 1. The van der Waals surface area contributed by atoms with Crippen LogP contribution in [0.1, 0.15) is 24.4 Å². The zero-order valence-corrected chi connectivity index (χ0v) is 11.1. The highest BCUT2D eigenvalue weighted by molar-refractivity contribution is 7.09. The maximum atomic E-state index is 11.7. The number of nitrogens with zero attached hydrogens (tertiary/aromatic N) is 2. The molecule has 0 saturated heterocycles. The molecule has 0 bridgehead atoms. The van der Waals surface area contributed by atoms with E-state index in [2.05, 4.69) is 10.3 Å². The number of likely N-dealkylation sites (N-methyl/N-ethyl adjacent to an activating group) is 1. The van der Waals surface area contributed by atoms with Gasteiger partial charge in [0.2, 0.25) is 5.91 Å². The highest BCUT2D eigenvalue weighted by Crippen LogP contribution is 2.13. The predicted molar refractivity (Wildman–Crippen MR) is 66.5 cm³/mol. The van der Waals surface area contributed by atoms with E-state index in [1.54, 1.807) is 16.2 Å². The fourth-order valence-corrected chi connectivity index (χ4v) is 2.04. The van der Waals surface area contributed by atoms with E-state index in [0.717, 1.165) is 10.6 Å². The monoisotopic (exact) mass is 241 g/mol. The van der Waals surface area contributed by atoms with Crippen LogP contribution in [0.5, 0.6) is 0 Å². The zero-order valence-electron chi connectivity index (χ0n) is 10.3. The van der Waals surface area contributed by atoms with Crippen LogP contribution in [0.25, 0.3) is 0 Å². The van der Waals surface area contributed by atoms with E-state index in [1.165, 1.54) is 0 Å². The topological polar surface area (TPSA) is 45.2 Å². The van der Waals surface area contributed by atoms with E-state index >= 15 is 0 Å². The number of aromatic nitrogens is 1. The molecule has 16 heavy (non-hydrogen) atoms. The first-order chi connectivity index (χ1) is 7.50. The number of nitrogens with one attached hydrogen (secondary N) is 1. The van der Waals surface area contributed by atoms with Crippen LogP contribution < -0.4 is 5.32 Å². The molecule has 0 aliphatic heterocycles. The number of amides is 1. The van der Waals surface area contributed by atoms with Gasteiger partial charge in [0.25, 0.3) is 0 Å². The first-order valence-electron chi connectivity index (χ1n) is 5.37. The first kappa shape index (κ1) is 13.1. The van der Waals surface area contributed by atoms with Crippen molar-refractivity contribution in [1.29, 1.82) is 0 Å². The fourth-order valence-electron chi connectivity index (χ4n) is 1.21. The van der Waals surface area contributed by atoms with Crippen molar-refractivity contribution in [1.82, 2.24) is 15.2 Å². The first-order valence-corrected chi connectivity index (χ1v) is 6.25. The van der Waals surface area contributed by atoms with Crippen LogP contribution in [0.3, 0.4) is 0 Å². The summed E-state index contributed by atoms with van der Waals surface area (Å²) >= 11 is 1.59. The van der Waals surface area contributed by atoms with Crippen LogP contribution >= 0.6 is 11.3 Å². The van der Waals surface area contributed by atoms with Gasteiger partial charge < -0.3 is 10.2 Å². The Morgan fingerprint density at radius 3 is 2.81 bits per heavy atom. The highest BCUT2D eigenvalue weighted by atomic mass is 32.1. The molecule has 0 aliphatic rings. The maximum Gasteiger partial charge on any atom is 0.236 e. The van der Waals surface area contributed by atoms with Crippen LogP contribution in [0.2, 0.25) is 0 Å². The molecule has 0 saturated carbocycles. The second kappa shape index (κ2) is 5.96. The van der Waals surface area contributed by atoms with Crippen molar-refractivity contribution < 1.29 is 4.79 Å². The summed E-state index contributed by atoms with van der Waals surface area (Å²) in [5.74, 6) is 0.113. The number of carbonyl (C=O) groups is 1. The number of carbonyl (C=O) groups excluding carboxylic acids is 1. The Labute approximate surface area is 101 Å². The molecule has 0 unspecified atom stereocenters. The molecule has 0 aliphatic carbocycles. The van der Waals surface area contributed by atoms with E-state index in [1.807, 2.05) is 33.3 Å². The molecule has 0 fully saturated rings. The van der Waals surface area contributed by atoms with Crippen LogP contribution in [0, 0.1) is 6.92 Å². The van der Waals surface area contributed by atoms with Crippen molar-refractivity contribution in [3.8, 4) is 0 Å². The summed E-state index contributed by atoms with van der Waals surface area (Å²) < 4.78 is 0. The van der Waals surface area contributed by atoms with Crippen molar-refractivity contribution in [2.45, 2.75) is 33.4 Å². The summed E-state index contributed by atoms with van der Waals surface area (Å²) in [6.07, 6.45) is 0. The third kappa shape index (κ3) is 3.90. The lowest BCUT2D eigenvalue weighted by Gasteiger charge is -2.17. The van der Waals surface area contributed by atoms with Gasteiger partial charge in [0.05, 0.1) is 24.3 Å². The van der Waals surface area contributed by atoms with E-state index in [4.69, 9.17) is 0 Å². The Hall–Kier alpha value is -0.940. The smallest absolute Gasteiger partial charge is 0.236 e. The Bertz CT molecular complexity index is 349. The third-order valence-corrected chi connectivity index (χ3v) is 3.23. The van der Waals surface area contributed by atoms with Crippen LogP contribution in [-0.2, 0) is 11.3 Å². The summed E-state index contributed by atoms with van der Waals surface area (Å²) in [5.41, 5.74) is 2.83. The van der Waals surface area contributed by atoms with E-state index in [0.29, 0.717) is 19.1 Å². The average Bonchev–Trinajstić information content (AvgIpc) is 2.60. The lowest BCUT2D eigenvalue weighted by Crippen LogP contribution is -2.37. The predicted octanol–water partition coefficient (Wildman–Crippen LogP) is 1.41. The molecule has 90 valence electrons. The highest BCUT2D eigenvalue weighted by Gasteiger charge is 2.11. The lowest BCUT2D eigenvalue weighted by atomic mass is 10.3. The van der Waals surface area contributed by atoms with Crippen LogP contribution in [-0.4, -0.2) is 35.4 Å². The molecule has 4 nitrogen and oxygen atoms in total. The molecular formula is C11H19N3OS. The van der Waals surface area contributed by atoms with Gasteiger partial charge in [-0.15, -0.1) is 11.3 Å². The SMILES string of the molecule is Cc1ncsc1CN(C)C(=O)CNC(C)C. The summed E-state index contributed by atoms with van der Waals surface area (Å²) in [5, 5.41) is 3.12. The van der Waals surface area contributed by atoms with Crippen LogP contribution in [0.15, 0.2) is 5.51 Å². The molecule has 1 amide bonds. The van der Waals surface area contributed by atoms with Crippen molar-refractivity contribution >= 4 is 17.2 Å². The molecule has 5 heteroatoms. The van der Waals surface area contributed by atoms with Crippen molar-refractivity contribution in [2.75, 3.05) is 13.6 Å². The maximum absolute atomic E-state index is 11.7. The van der Waals surface area contributed by atoms with E-state index in [9.17, 15) is 4.79 Å². The third-order valence-electron chi connectivity index (χ3n) is 2.31. The van der Waals surface area contributed by atoms with Gasteiger partial charge in [-0.2, -0.15) is 0 Å². The molecule has 0 radical (unpaired) electrons. The Kier molecular flexibility index (Phi) is 4.89. The summed E-state index contributed by atoms with van der Waals surface area (Å²) in [4.78, 5) is 18.8. The normalized spacial score (nSPS) is 10.8. The standard InChI is InChI=1S/C11H19N3OS/c1-8(2)12-5-11(15)14(4)6-10-9(3)13-7-16-10/h7-8,12H,5-6H2,1-4H3. The second-order valence-electron chi connectivity index (χ2n) is 4.15. The Morgan fingerprint density at radius 1 is 1.62 bits per heavy atom.